The minimum Gasteiger partial charge on any atom is -0.376 e. The standard InChI is InChI=1S/2C9H17N5O.4C8H15N5.6C2H6/c2*1-2-14-9(12-8(10)13-14)11-6-7-4-3-5-15-7;2*1-2-13-7(9)11-8(12-13)10-5-6-3-4-6;2*1-2-13-8(11-7(9)12-13)10-5-6-3-4-6;6*1-2/h2*7H,2-6H2,1H3,(H3,10,11,12,13);4*6H,2-5H2,1H3,(H3,9,10,11,12);6*1-2H3. The number of aromatic nitrogens is 18. The summed E-state index contributed by atoms with van der Waals surface area (Å²) in [5.41, 5.74) is 33.3. The Morgan fingerprint density at radius 2 is 0.543 bits per heavy atom. The lowest BCUT2D eigenvalue weighted by molar-refractivity contribution is 0.120. The molecule has 8 heterocycles. The first kappa shape index (κ1) is 84.4. The fraction of sp³-hybridized carbons (Fsp3) is 0.806. The van der Waals surface area contributed by atoms with Crippen molar-refractivity contribution in [3.8, 4) is 0 Å². The zero-order chi connectivity index (χ0) is 70.4. The van der Waals surface area contributed by atoms with Gasteiger partial charge in [-0.1, -0.05) is 83.1 Å². The largest absolute Gasteiger partial charge is 0.376 e. The van der Waals surface area contributed by atoms with Crippen LogP contribution in [0.1, 0.15) is 202 Å². The highest BCUT2D eigenvalue weighted by molar-refractivity contribution is 5.36. The van der Waals surface area contributed by atoms with E-state index >= 15 is 0 Å². The van der Waals surface area contributed by atoms with Crippen LogP contribution in [0.3, 0.4) is 0 Å². The molecule has 12 rings (SSSR count). The van der Waals surface area contributed by atoms with Crippen molar-refractivity contribution in [2.75, 3.05) is 119 Å². The topological polar surface area (TPSA) is 431 Å². The van der Waals surface area contributed by atoms with Crippen LogP contribution in [0, 0.1) is 23.7 Å². The average molecular weight is 1330 g/mol. The molecule has 2 atom stereocenters. The molecule has 2 aliphatic heterocycles. The molecule has 94 heavy (non-hydrogen) atoms. The predicted octanol–water partition coefficient (Wildman–Crippen LogP) is 9.91. The quantitative estimate of drug-likeness (QED) is 0.0268. The number of ether oxygens (including phenoxy) is 2. The third kappa shape index (κ3) is 33.5. The Morgan fingerprint density at radius 3 is 0.745 bits per heavy atom. The van der Waals surface area contributed by atoms with E-state index in [-0.39, 0.29) is 0 Å². The fourth-order valence-corrected chi connectivity index (χ4v) is 8.42. The smallest absolute Gasteiger partial charge is 0.243 e. The number of nitrogens with one attached hydrogen (secondary N) is 6. The molecular formula is C62H130N30O2. The number of aryl methyl sites for hydroxylation is 6. The first-order valence-electron chi connectivity index (χ1n) is 35.6. The van der Waals surface area contributed by atoms with Crippen molar-refractivity contribution in [2.24, 2.45) is 23.7 Å². The van der Waals surface area contributed by atoms with E-state index in [4.69, 9.17) is 43.9 Å². The molecule has 0 aromatic carbocycles. The molecule has 6 aromatic rings. The summed E-state index contributed by atoms with van der Waals surface area (Å²) in [4.78, 5) is 24.6. The van der Waals surface area contributed by atoms with Crippen LogP contribution in [0.4, 0.5) is 71.4 Å². The van der Waals surface area contributed by atoms with Crippen molar-refractivity contribution in [3.05, 3.63) is 0 Å². The summed E-state index contributed by atoms with van der Waals surface area (Å²) in [5.74, 6) is 9.99. The van der Waals surface area contributed by atoms with Gasteiger partial charge in [0.2, 0.25) is 71.4 Å². The van der Waals surface area contributed by atoms with E-state index in [1.165, 1.54) is 51.4 Å². The molecule has 0 bridgehead atoms. The SMILES string of the molecule is CC.CC.CC.CC.CC.CC.CCn1nc(N)nc1NCC1CC1.CCn1nc(N)nc1NCC1CC1.CCn1nc(N)nc1NCC1CCCO1.CCn1nc(N)nc1NCC1CCCO1.CCn1nc(NCC2CC2)nc1N.CCn1nc(NCC2CC2)nc1N. The van der Waals surface area contributed by atoms with Gasteiger partial charge in [0.15, 0.2) is 0 Å². The number of nitrogens with two attached hydrogens (primary N) is 6. The first-order chi connectivity index (χ1) is 45.8. The zero-order valence-electron chi connectivity index (χ0n) is 61.2. The molecule has 0 amide bonds. The molecule has 0 radical (unpaired) electrons. The molecule has 2 unspecified atom stereocenters. The van der Waals surface area contributed by atoms with Crippen LogP contribution >= 0.6 is 0 Å². The van der Waals surface area contributed by atoms with Gasteiger partial charge in [0.1, 0.15) is 0 Å². The molecule has 18 N–H and O–H groups in total. The van der Waals surface area contributed by atoms with Gasteiger partial charge in [-0.15, -0.1) is 30.6 Å². The summed E-state index contributed by atoms with van der Waals surface area (Å²) in [5, 5.41) is 43.9. The first-order valence-corrected chi connectivity index (χ1v) is 35.6. The van der Waals surface area contributed by atoms with E-state index in [0.717, 1.165) is 165 Å². The number of nitrogens with zero attached hydrogens (tertiary/aromatic N) is 18. The third-order valence-corrected chi connectivity index (χ3v) is 14.0. The number of rotatable bonds is 24. The van der Waals surface area contributed by atoms with Gasteiger partial charge in [-0.25, -0.2) is 28.1 Å². The van der Waals surface area contributed by atoms with Crippen molar-refractivity contribution >= 4 is 71.4 Å². The minimum atomic E-state index is 0.299. The molecule has 0 spiro atoms. The van der Waals surface area contributed by atoms with Crippen LogP contribution in [0.2, 0.25) is 0 Å². The molecule has 2 saturated heterocycles. The second kappa shape index (κ2) is 49.9. The second-order valence-corrected chi connectivity index (χ2v) is 21.0. The number of hydrogen-bond donors (Lipinski definition) is 12. The van der Waals surface area contributed by atoms with Gasteiger partial charge >= 0.3 is 0 Å². The Balaban J connectivity index is 0.000000546. The summed E-state index contributed by atoms with van der Waals surface area (Å²) >= 11 is 0. The van der Waals surface area contributed by atoms with Crippen LogP contribution in [-0.2, 0) is 48.7 Å². The van der Waals surface area contributed by atoms with Gasteiger partial charge in [0.25, 0.3) is 0 Å². The highest BCUT2D eigenvalue weighted by atomic mass is 16.5. The van der Waals surface area contributed by atoms with E-state index in [0.29, 0.717) is 59.8 Å². The van der Waals surface area contributed by atoms with E-state index in [2.05, 4.69) is 92.4 Å². The monoisotopic (exact) mass is 1330 g/mol. The number of nitrogen functional groups attached to an aromatic ring is 6. The van der Waals surface area contributed by atoms with Crippen molar-refractivity contribution in [2.45, 2.75) is 253 Å². The maximum Gasteiger partial charge on any atom is 0.243 e. The van der Waals surface area contributed by atoms with Crippen LogP contribution in [0.5, 0.6) is 0 Å². The molecule has 540 valence electrons. The third-order valence-electron chi connectivity index (χ3n) is 14.0. The lowest BCUT2D eigenvalue weighted by atomic mass is 10.2. The number of hydrogen-bond acceptors (Lipinski definition) is 26. The highest BCUT2D eigenvalue weighted by Crippen LogP contribution is 2.31. The summed E-state index contributed by atoms with van der Waals surface area (Å²) < 4.78 is 21.5. The summed E-state index contributed by atoms with van der Waals surface area (Å²) in [7, 11) is 0. The normalized spacial score (nSPS) is 15.9. The van der Waals surface area contributed by atoms with Gasteiger partial charge < -0.3 is 75.8 Å². The van der Waals surface area contributed by atoms with Crippen molar-refractivity contribution < 1.29 is 9.47 Å². The number of anilines is 12. The Kier molecular flexibility index (Phi) is 44.8. The Hall–Kier alpha value is -7.64. The van der Waals surface area contributed by atoms with E-state index < -0.39 is 0 Å². The molecule has 6 aromatic heterocycles. The lowest BCUT2D eigenvalue weighted by Gasteiger charge is -2.10. The zero-order valence-corrected chi connectivity index (χ0v) is 61.2. The maximum absolute atomic E-state index is 5.62. The van der Waals surface area contributed by atoms with Crippen LogP contribution in [0.25, 0.3) is 0 Å². The van der Waals surface area contributed by atoms with Crippen LogP contribution in [-0.4, -0.2) is 153 Å². The minimum absolute atomic E-state index is 0.299. The second-order valence-electron chi connectivity index (χ2n) is 21.0. The molecule has 6 aliphatic rings. The van der Waals surface area contributed by atoms with Crippen LogP contribution < -0.4 is 66.3 Å². The molecule has 32 nitrogen and oxygen atoms in total. The Bertz CT molecular complexity index is 2570. The average Bonchev–Trinajstić information content (AvgIpc) is 1.97. The Morgan fingerprint density at radius 1 is 0.309 bits per heavy atom. The predicted molar refractivity (Wildman–Crippen MR) is 389 cm³/mol. The fourth-order valence-electron chi connectivity index (χ4n) is 8.42. The molecule has 4 aliphatic carbocycles. The Labute approximate surface area is 563 Å². The van der Waals surface area contributed by atoms with Gasteiger partial charge in [-0.05, 0) is 142 Å². The van der Waals surface area contributed by atoms with Gasteiger partial charge in [-0.2, -0.15) is 29.9 Å². The molecule has 32 heteroatoms. The molecule has 6 fully saturated rings. The molecule has 4 saturated carbocycles. The van der Waals surface area contributed by atoms with Crippen LogP contribution in [0.15, 0.2) is 0 Å². The van der Waals surface area contributed by atoms with Gasteiger partial charge in [-0.3, -0.25) is 0 Å². The summed E-state index contributed by atoms with van der Waals surface area (Å²) in [6.07, 6.45) is 15.8. The van der Waals surface area contributed by atoms with Gasteiger partial charge in [0.05, 0.1) is 12.2 Å². The summed E-state index contributed by atoms with van der Waals surface area (Å²) in [6.45, 7) is 48.0. The lowest BCUT2D eigenvalue weighted by Crippen LogP contribution is -2.20. The van der Waals surface area contributed by atoms with Crippen molar-refractivity contribution in [1.82, 2.24) is 88.6 Å². The molecular weight excluding hydrogens is 1200 g/mol. The van der Waals surface area contributed by atoms with Crippen molar-refractivity contribution in [1.29, 1.82) is 0 Å². The summed E-state index contributed by atoms with van der Waals surface area (Å²) in [6, 6.07) is 0. The van der Waals surface area contributed by atoms with E-state index in [1.54, 1.807) is 28.1 Å². The maximum atomic E-state index is 5.62. The highest BCUT2D eigenvalue weighted by Gasteiger charge is 2.25. The van der Waals surface area contributed by atoms with Gasteiger partial charge in [0, 0.05) is 91.8 Å². The van der Waals surface area contributed by atoms with E-state index in [1.807, 2.05) is 125 Å². The van der Waals surface area contributed by atoms with E-state index in [9.17, 15) is 0 Å². The van der Waals surface area contributed by atoms with Crippen molar-refractivity contribution in [3.63, 3.8) is 0 Å².